The van der Waals surface area contributed by atoms with Crippen LogP contribution in [0.4, 0.5) is 0 Å². The zero-order valence-electron chi connectivity index (χ0n) is 9.95. The Morgan fingerprint density at radius 2 is 2.11 bits per heavy atom. The second-order valence-corrected chi connectivity index (χ2v) is 3.99. The van der Waals surface area contributed by atoms with E-state index in [-0.39, 0.29) is 6.54 Å². The summed E-state index contributed by atoms with van der Waals surface area (Å²) in [4.78, 5) is 12.5. The lowest BCUT2D eigenvalue weighted by atomic mass is 9.99. The van der Waals surface area contributed by atoms with Crippen molar-refractivity contribution < 1.29 is 9.90 Å². The summed E-state index contributed by atoms with van der Waals surface area (Å²) in [6, 6.07) is 7.03. The average molecular weight is 246 g/mol. The largest absolute Gasteiger partial charge is 0.481 e. The van der Waals surface area contributed by atoms with Crippen LogP contribution in [0.3, 0.4) is 0 Å². The Hall–Kier alpha value is -2.21. The van der Waals surface area contributed by atoms with Gasteiger partial charge in [-0.05, 0) is 24.6 Å². The van der Waals surface area contributed by atoms with Crippen LogP contribution in [0.25, 0.3) is 5.69 Å². The van der Waals surface area contributed by atoms with Gasteiger partial charge in [0.05, 0.1) is 23.5 Å². The van der Waals surface area contributed by atoms with Gasteiger partial charge in [0.15, 0.2) is 0 Å². The highest BCUT2D eigenvalue weighted by Crippen LogP contribution is 2.17. The Labute approximate surface area is 104 Å². The Kier molecular flexibility index (Phi) is 3.38. The average Bonchev–Trinajstić information content (AvgIpc) is 2.77. The van der Waals surface area contributed by atoms with Gasteiger partial charge in [0.2, 0.25) is 0 Å². The van der Waals surface area contributed by atoms with E-state index in [9.17, 15) is 4.79 Å². The zero-order chi connectivity index (χ0) is 13.1. The molecule has 1 aromatic heterocycles. The molecule has 1 atom stereocenters. The van der Waals surface area contributed by atoms with E-state index < -0.39 is 11.9 Å². The first-order chi connectivity index (χ1) is 8.61. The molecule has 0 aliphatic rings. The van der Waals surface area contributed by atoms with Crippen molar-refractivity contribution in [2.24, 2.45) is 5.73 Å². The van der Waals surface area contributed by atoms with Crippen molar-refractivity contribution in [3.63, 3.8) is 0 Å². The van der Waals surface area contributed by atoms with Crippen LogP contribution in [0, 0.1) is 6.92 Å². The van der Waals surface area contributed by atoms with Gasteiger partial charge in [0, 0.05) is 6.54 Å². The molecule has 0 radical (unpaired) electrons. The number of aliphatic carboxylic acids is 1. The van der Waals surface area contributed by atoms with Crippen LogP contribution in [-0.4, -0.2) is 32.6 Å². The molecular formula is C12H14N4O2. The molecule has 94 valence electrons. The molecule has 6 nitrogen and oxygen atoms in total. The number of hydrogen-bond acceptors (Lipinski definition) is 4. The van der Waals surface area contributed by atoms with Crippen molar-refractivity contribution in [2.75, 3.05) is 6.54 Å². The molecule has 0 aliphatic heterocycles. The van der Waals surface area contributed by atoms with Gasteiger partial charge in [0.1, 0.15) is 0 Å². The van der Waals surface area contributed by atoms with Crippen LogP contribution >= 0.6 is 0 Å². The number of carboxylic acid groups (broad SMARTS) is 1. The van der Waals surface area contributed by atoms with Gasteiger partial charge in [-0.1, -0.05) is 12.1 Å². The molecule has 0 bridgehead atoms. The molecule has 0 amide bonds. The predicted molar refractivity (Wildman–Crippen MR) is 65.5 cm³/mol. The Morgan fingerprint density at radius 1 is 1.44 bits per heavy atom. The third kappa shape index (κ3) is 2.38. The third-order valence-corrected chi connectivity index (χ3v) is 2.67. The molecular weight excluding hydrogens is 232 g/mol. The molecule has 1 aromatic carbocycles. The van der Waals surface area contributed by atoms with Crippen LogP contribution in [0.1, 0.15) is 17.2 Å². The SMILES string of the molecule is Cc1cnn(-c2ccc(C(CN)C(=O)O)cc2)n1. The van der Waals surface area contributed by atoms with E-state index in [1.807, 2.05) is 6.92 Å². The van der Waals surface area contributed by atoms with Gasteiger partial charge in [-0.3, -0.25) is 4.79 Å². The number of nitrogens with zero attached hydrogens (tertiary/aromatic N) is 3. The molecule has 1 heterocycles. The third-order valence-electron chi connectivity index (χ3n) is 2.67. The summed E-state index contributed by atoms with van der Waals surface area (Å²) in [6.07, 6.45) is 1.66. The molecule has 2 aromatic rings. The summed E-state index contributed by atoms with van der Waals surface area (Å²) in [5.74, 6) is -1.59. The summed E-state index contributed by atoms with van der Waals surface area (Å²) in [5, 5.41) is 17.3. The summed E-state index contributed by atoms with van der Waals surface area (Å²) in [7, 11) is 0. The van der Waals surface area contributed by atoms with E-state index in [1.54, 1.807) is 30.5 Å². The van der Waals surface area contributed by atoms with Crippen LogP contribution in [0.15, 0.2) is 30.5 Å². The molecule has 0 saturated carbocycles. The van der Waals surface area contributed by atoms with Gasteiger partial charge in [-0.2, -0.15) is 15.0 Å². The molecule has 0 spiro atoms. The zero-order valence-corrected chi connectivity index (χ0v) is 9.95. The van der Waals surface area contributed by atoms with Crippen LogP contribution < -0.4 is 5.73 Å². The maximum atomic E-state index is 11.0. The second-order valence-electron chi connectivity index (χ2n) is 3.99. The molecule has 2 rings (SSSR count). The minimum Gasteiger partial charge on any atom is -0.481 e. The normalized spacial score (nSPS) is 12.3. The van der Waals surface area contributed by atoms with Crippen molar-refractivity contribution >= 4 is 5.97 Å². The van der Waals surface area contributed by atoms with Gasteiger partial charge < -0.3 is 10.8 Å². The molecule has 1 unspecified atom stereocenters. The van der Waals surface area contributed by atoms with Crippen LogP contribution in [0.2, 0.25) is 0 Å². The smallest absolute Gasteiger partial charge is 0.312 e. The Balaban J connectivity index is 2.27. The maximum absolute atomic E-state index is 11.0. The van der Waals surface area contributed by atoms with Crippen molar-refractivity contribution in [3.8, 4) is 5.69 Å². The lowest BCUT2D eigenvalue weighted by Crippen LogP contribution is -2.21. The summed E-state index contributed by atoms with van der Waals surface area (Å²) >= 11 is 0. The van der Waals surface area contributed by atoms with Crippen molar-refractivity contribution in [2.45, 2.75) is 12.8 Å². The molecule has 3 N–H and O–H groups in total. The van der Waals surface area contributed by atoms with E-state index in [0.29, 0.717) is 5.56 Å². The molecule has 18 heavy (non-hydrogen) atoms. The minimum atomic E-state index is -0.918. The van der Waals surface area contributed by atoms with E-state index in [0.717, 1.165) is 11.4 Å². The van der Waals surface area contributed by atoms with Gasteiger partial charge >= 0.3 is 5.97 Å². The number of nitrogens with two attached hydrogens (primary N) is 1. The number of aromatic nitrogens is 3. The van der Waals surface area contributed by atoms with Crippen molar-refractivity contribution in [3.05, 3.63) is 41.7 Å². The number of carboxylic acids is 1. The highest BCUT2D eigenvalue weighted by Gasteiger charge is 2.17. The highest BCUT2D eigenvalue weighted by atomic mass is 16.4. The monoisotopic (exact) mass is 246 g/mol. The fourth-order valence-corrected chi connectivity index (χ4v) is 1.68. The lowest BCUT2D eigenvalue weighted by molar-refractivity contribution is -0.138. The molecule has 0 fully saturated rings. The summed E-state index contributed by atoms with van der Waals surface area (Å²) < 4.78 is 0. The second kappa shape index (κ2) is 4.97. The fraction of sp³-hybridized carbons (Fsp3) is 0.250. The number of hydrogen-bond donors (Lipinski definition) is 2. The topological polar surface area (TPSA) is 94.0 Å². The Bertz CT molecular complexity index is 547. The van der Waals surface area contributed by atoms with E-state index in [4.69, 9.17) is 10.8 Å². The predicted octanol–water partition coefficient (Wildman–Crippen LogP) is 0.703. The van der Waals surface area contributed by atoms with Gasteiger partial charge in [-0.15, -0.1) is 0 Å². The number of carbonyl (C=O) groups is 1. The lowest BCUT2D eigenvalue weighted by Gasteiger charge is -2.10. The van der Waals surface area contributed by atoms with E-state index in [2.05, 4.69) is 10.2 Å². The highest BCUT2D eigenvalue weighted by molar-refractivity contribution is 5.76. The minimum absolute atomic E-state index is 0.0772. The maximum Gasteiger partial charge on any atom is 0.312 e. The van der Waals surface area contributed by atoms with E-state index >= 15 is 0 Å². The fourth-order valence-electron chi connectivity index (χ4n) is 1.68. The first kappa shape index (κ1) is 12.3. The molecule has 6 heteroatoms. The molecule has 0 saturated heterocycles. The Morgan fingerprint density at radius 3 is 2.56 bits per heavy atom. The quantitative estimate of drug-likeness (QED) is 0.828. The number of benzene rings is 1. The van der Waals surface area contributed by atoms with Gasteiger partial charge in [0.25, 0.3) is 0 Å². The first-order valence-electron chi connectivity index (χ1n) is 5.54. The van der Waals surface area contributed by atoms with Crippen LogP contribution in [0.5, 0.6) is 0 Å². The molecule has 0 aliphatic carbocycles. The summed E-state index contributed by atoms with van der Waals surface area (Å²) in [6.45, 7) is 1.93. The van der Waals surface area contributed by atoms with E-state index in [1.165, 1.54) is 4.80 Å². The number of rotatable bonds is 4. The summed E-state index contributed by atoms with van der Waals surface area (Å²) in [5.41, 5.74) is 7.73. The standard InChI is InChI=1S/C12H14N4O2/c1-8-7-14-16(15-8)10-4-2-9(3-5-10)11(6-13)12(17)18/h2-5,7,11H,6,13H2,1H3,(H,17,18). The van der Waals surface area contributed by atoms with Crippen molar-refractivity contribution in [1.82, 2.24) is 15.0 Å². The van der Waals surface area contributed by atoms with Crippen molar-refractivity contribution in [1.29, 1.82) is 0 Å². The number of aryl methyl sites for hydroxylation is 1. The van der Waals surface area contributed by atoms with Gasteiger partial charge in [-0.25, -0.2) is 0 Å². The van der Waals surface area contributed by atoms with Crippen LogP contribution in [-0.2, 0) is 4.79 Å². The first-order valence-corrected chi connectivity index (χ1v) is 5.54.